The highest BCUT2D eigenvalue weighted by atomic mass is 19.1. The fraction of sp³-hybridized carbons (Fsp3) is 0.389. The fourth-order valence-electron chi connectivity index (χ4n) is 3.02. The third-order valence-electron chi connectivity index (χ3n) is 4.56. The van der Waals surface area contributed by atoms with Gasteiger partial charge in [-0.2, -0.15) is 0 Å². The number of hydrogen-bond acceptors (Lipinski definition) is 6. The summed E-state index contributed by atoms with van der Waals surface area (Å²) in [7, 11) is 1.32. The van der Waals surface area contributed by atoms with Crippen LogP contribution in [0.5, 0.6) is 0 Å². The van der Waals surface area contributed by atoms with Gasteiger partial charge in [-0.1, -0.05) is 12.1 Å². The Labute approximate surface area is 146 Å². The second-order valence-corrected chi connectivity index (χ2v) is 6.02. The van der Waals surface area contributed by atoms with Gasteiger partial charge in [0, 0.05) is 32.2 Å². The van der Waals surface area contributed by atoms with E-state index in [0.717, 1.165) is 37.6 Å². The summed E-state index contributed by atoms with van der Waals surface area (Å²) in [6.45, 7) is 5.38. The Balaban J connectivity index is 1.61. The molecule has 6 nitrogen and oxygen atoms in total. The first-order chi connectivity index (χ1) is 12.1. The van der Waals surface area contributed by atoms with E-state index in [0.29, 0.717) is 0 Å². The summed E-state index contributed by atoms with van der Waals surface area (Å²) in [5.41, 5.74) is 1.18. The molecule has 0 unspecified atom stereocenters. The van der Waals surface area contributed by atoms with Crippen molar-refractivity contribution >= 4 is 11.8 Å². The zero-order valence-electron chi connectivity index (χ0n) is 14.4. The second-order valence-electron chi connectivity index (χ2n) is 6.02. The molecular weight excluding hydrogens is 323 g/mol. The first-order valence-corrected chi connectivity index (χ1v) is 8.25. The van der Waals surface area contributed by atoms with Gasteiger partial charge in [-0.15, -0.1) is 10.2 Å². The number of piperazine rings is 1. The molecule has 1 aromatic carbocycles. The van der Waals surface area contributed by atoms with E-state index in [4.69, 9.17) is 0 Å². The fourth-order valence-corrected chi connectivity index (χ4v) is 3.02. The quantitative estimate of drug-likeness (QED) is 0.793. The summed E-state index contributed by atoms with van der Waals surface area (Å²) in [5, 5.41) is 8.03. The van der Waals surface area contributed by atoms with Gasteiger partial charge in [-0.25, -0.2) is 9.18 Å². The SMILES string of the molecule is COC(=O)c1ccc(N2CCN([C@@H](C)c3cccc(F)c3)CC2)nn1. The van der Waals surface area contributed by atoms with Gasteiger partial charge in [0.1, 0.15) is 5.82 Å². The molecule has 132 valence electrons. The Morgan fingerprint density at radius 2 is 1.92 bits per heavy atom. The first-order valence-electron chi connectivity index (χ1n) is 8.25. The molecule has 0 saturated carbocycles. The van der Waals surface area contributed by atoms with Crippen molar-refractivity contribution in [3.05, 3.63) is 53.5 Å². The third kappa shape index (κ3) is 3.93. The van der Waals surface area contributed by atoms with Crippen molar-refractivity contribution in [3.8, 4) is 0 Å². The van der Waals surface area contributed by atoms with E-state index in [2.05, 4.69) is 31.7 Å². The van der Waals surface area contributed by atoms with Crippen molar-refractivity contribution in [2.45, 2.75) is 13.0 Å². The molecule has 25 heavy (non-hydrogen) atoms. The summed E-state index contributed by atoms with van der Waals surface area (Å²) in [6, 6.07) is 10.3. The summed E-state index contributed by atoms with van der Waals surface area (Å²) in [4.78, 5) is 15.9. The van der Waals surface area contributed by atoms with Crippen LogP contribution in [0.25, 0.3) is 0 Å². The Morgan fingerprint density at radius 3 is 2.52 bits per heavy atom. The van der Waals surface area contributed by atoms with Crippen LogP contribution in [-0.4, -0.2) is 54.4 Å². The number of carbonyl (C=O) groups excluding carboxylic acids is 1. The predicted molar refractivity (Wildman–Crippen MR) is 92.0 cm³/mol. The molecule has 1 aliphatic rings. The molecule has 1 saturated heterocycles. The summed E-state index contributed by atoms with van der Waals surface area (Å²) < 4.78 is 18.0. The van der Waals surface area contributed by atoms with Crippen molar-refractivity contribution in [3.63, 3.8) is 0 Å². The van der Waals surface area contributed by atoms with Crippen molar-refractivity contribution in [1.82, 2.24) is 15.1 Å². The number of nitrogens with zero attached hydrogens (tertiary/aromatic N) is 4. The van der Waals surface area contributed by atoms with Gasteiger partial charge in [0.15, 0.2) is 11.5 Å². The van der Waals surface area contributed by atoms with Crippen molar-refractivity contribution in [2.75, 3.05) is 38.2 Å². The number of methoxy groups -OCH3 is 1. The van der Waals surface area contributed by atoms with E-state index in [1.807, 2.05) is 6.07 Å². The van der Waals surface area contributed by atoms with Crippen molar-refractivity contribution in [1.29, 1.82) is 0 Å². The molecule has 0 bridgehead atoms. The molecule has 1 aromatic heterocycles. The Bertz CT molecular complexity index is 730. The minimum Gasteiger partial charge on any atom is -0.464 e. The van der Waals surface area contributed by atoms with Crippen LogP contribution in [0.3, 0.4) is 0 Å². The first kappa shape index (κ1) is 17.3. The Hall–Kier alpha value is -2.54. The molecule has 0 radical (unpaired) electrons. The number of anilines is 1. The van der Waals surface area contributed by atoms with Gasteiger partial charge in [0.25, 0.3) is 0 Å². The molecule has 0 N–H and O–H groups in total. The second kappa shape index (κ2) is 7.57. The molecule has 0 spiro atoms. The molecule has 1 atom stereocenters. The maximum absolute atomic E-state index is 13.4. The molecule has 0 amide bonds. The van der Waals surface area contributed by atoms with Gasteiger partial charge in [0.05, 0.1) is 7.11 Å². The zero-order chi connectivity index (χ0) is 17.8. The number of ether oxygens (including phenoxy) is 1. The zero-order valence-corrected chi connectivity index (χ0v) is 14.4. The van der Waals surface area contributed by atoms with Gasteiger partial charge >= 0.3 is 5.97 Å². The number of rotatable bonds is 4. The lowest BCUT2D eigenvalue weighted by molar-refractivity contribution is 0.0592. The number of esters is 1. The summed E-state index contributed by atoms with van der Waals surface area (Å²) >= 11 is 0. The highest BCUT2D eigenvalue weighted by Gasteiger charge is 2.23. The van der Waals surface area contributed by atoms with Crippen LogP contribution < -0.4 is 4.90 Å². The van der Waals surface area contributed by atoms with E-state index < -0.39 is 5.97 Å². The van der Waals surface area contributed by atoms with E-state index >= 15 is 0 Å². The third-order valence-corrected chi connectivity index (χ3v) is 4.56. The van der Waals surface area contributed by atoms with Crippen LogP contribution in [0.15, 0.2) is 36.4 Å². The number of halogens is 1. The van der Waals surface area contributed by atoms with Crippen molar-refractivity contribution < 1.29 is 13.9 Å². The lowest BCUT2D eigenvalue weighted by atomic mass is 10.1. The van der Waals surface area contributed by atoms with Gasteiger partial charge < -0.3 is 9.64 Å². The maximum Gasteiger partial charge on any atom is 0.358 e. The monoisotopic (exact) mass is 344 g/mol. The van der Waals surface area contributed by atoms with E-state index in [9.17, 15) is 9.18 Å². The summed E-state index contributed by atoms with van der Waals surface area (Å²) in [5.74, 6) is 0.0439. The Morgan fingerprint density at radius 1 is 1.16 bits per heavy atom. The van der Waals surface area contributed by atoms with E-state index in [-0.39, 0.29) is 17.6 Å². The molecule has 1 aliphatic heterocycles. The van der Waals surface area contributed by atoms with Crippen LogP contribution in [0.2, 0.25) is 0 Å². The van der Waals surface area contributed by atoms with E-state index in [1.165, 1.54) is 13.2 Å². The van der Waals surface area contributed by atoms with Crippen LogP contribution in [-0.2, 0) is 4.74 Å². The highest BCUT2D eigenvalue weighted by molar-refractivity contribution is 5.86. The number of carbonyl (C=O) groups is 1. The highest BCUT2D eigenvalue weighted by Crippen LogP contribution is 2.23. The minimum atomic E-state index is -0.493. The standard InChI is InChI=1S/C18H21FN4O2/c1-13(14-4-3-5-15(19)12-14)22-8-10-23(11-9-22)17-7-6-16(20-21-17)18(24)25-2/h3-7,12-13H,8-11H2,1-2H3/t13-/m0/s1. The van der Waals surface area contributed by atoms with Crippen LogP contribution in [0.4, 0.5) is 10.2 Å². The lowest BCUT2D eigenvalue weighted by Gasteiger charge is -2.38. The molecular formula is C18H21FN4O2. The van der Waals surface area contributed by atoms with Gasteiger partial charge in [-0.05, 0) is 36.8 Å². The normalized spacial score (nSPS) is 16.5. The topological polar surface area (TPSA) is 58.6 Å². The molecule has 2 heterocycles. The molecule has 7 heteroatoms. The number of benzene rings is 1. The van der Waals surface area contributed by atoms with Crippen LogP contribution >= 0.6 is 0 Å². The average molecular weight is 344 g/mol. The smallest absolute Gasteiger partial charge is 0.358 e. The predicted octanol–water partition coefficient (Wildman–Crippen LogP) is 2.29. The average Bonchev–Trinajstić information content (AvgIpc) is 2.67. The maximum atomic E-state index is 13.4. The van der Waals surface area contributed by atoms with Crippen molar-refractivity contribution in [2.24, 2.45) is 0 Å². The number of aromatic nitrogens is 2. The van der Waals surface area contributed by atoms with Crippen LogP contribution in [0, 0.1) is 5.82 Å². The molecule has 2 aromatic rings. The van der Waals surface area contributed by atoms with Crippen LogP contribution in [0.1, 0.15) is 29.0 Å². The molecule has 3 rings (SSSR count). The van der Waals surface area contributed by atoms with E-state index in [1.54, 1.807) is 24.3 Å². The molecule has 1 fully saturated rings. The minimum absolute atomic E-state index is 0.158. The van der Waals surface area contributed by atoms with Gasteiger partial charge in [0.2, 0.25) is 0 Å². The largest absolute Gasteiger partial charge is 0.464 e. The van der Waals surface area contributed by atoms with Gasteiger partial charge in [-0.3, -0.25) is 4.90 Å². The summed E-state index contributed by atoms with van der Waals surface area (Å²) in [6.07, 6.45) is 0. The molecule has 0 aliphatic carbocycles. The lowest BCUT2D eigenvalue weighted by Crippen LogP contribution is -2.47. The number of hydrogen-bond donors (Lipinski definition) is 0. The Kier molecular flexibility index (Phi) is 5.23.